The summed E-state index contributed by atoms with van der Waals surface area (Å²) in [6.45, 7) is 6.86. The predicted molar refractivity (Wildman–Crippen MR) is 74.0 cm³/mol. The van der Waals surface area contributed by atoms with Gasteiger partial charge in [0, 0.05) is 19.1 Å². The fourth-order valence-electron chi connectivity index (χ4n) is 2.36. The smallest absolute Gasteiger partial charge is 0.0701 e. The van der Waals surface area contributed by atoms with Crippen LogP contribution >= 0.6 is 27.3 Å². The number of hydrogen-bond donors (Lipinski definition) is 1. The highest BCUT2D eigenvalue weighted by Gasteiger charge is 2.21. The normalized spacial score (nSPS) is 21.8. The molecule has 1 N–H and O–H groups in total. The molecule has 1 atom stereocenters. The van der Waals surface area contributed by atoms with Crippen molar-refractivity contribution in [1.29, 1.82) is 0 Å². The van der Waals surface area contributed by atoms with Gasteiger partial charge in [-0.25, -0.2) is 0 Å². The van der Waals surface area contributed by atoms with Crippen LogP contribution in [0.4, 0.5) is 0 Å². The Morgan fingerprint density at radius 1 is 1.62 bits per heavy atom. The van der Waals surface area contributed by atoms with E-state index in [1.807, 2.05) is 0 Å². The summed E-state index contributed by atoms with van der Waals surface area (Å²) in [5.74, 6) is 0. The Balaban J connectivity index is 1.71. The quantitative estimate of drug-likeness (QED) is 0.899. The van der Waals surface area contributed by atoms with Crippen LogP contribution in [-0.2, 0) is 6.54 Å². The van der Waals surface area contributed by atoms with Crippen LogP contribution < -0.4 is 5.32 Å². The van der Waals surface area contributed by atoms with Crippen molar-refractivity contribution in [1.82, 2.24) is 10.2 Å². The second-order valence-electron chi connectivity index (χ2n) is 4.31. The fraction of sp³-hybridized carbons (Fsp3) is 0.667. The summed E-state index contributed by atoms with van der Waals surface area (Å²) >= 11 is 5.25. The zero-order valence-electron chi connectivity index (χ0n) is 9.71. The van der Waals surface area contributed by atoms with Crippen molar-refractivity contribution < 1.29 is 0 Å². The molecule has 0 aliphatic carbocycles. The molecule has 16 heavy (non-hydrogen) atoms. The summed E-state index contributed by atoms with van der Waals surface area (Å²) in [6.07, 6.45) is 2.72. The Morgan fingerprint density at radius 3 is 3.19 bits per heavy atom. The number of nitrogens with zero attached hydrogens (tertiary/aromatic N) is 1. The summed E-state index contributed by atoms with van der Waals surface area (Å²) in [5.41, 5.74) is 1.39. The molecule has 1 aromatic rings. The molecule has 0 radical (unpaired) electrons. The van der Waals surface area contributed by atoms with Crippen molar-refractivity contribution in [2.45, 2.75) is 32.4 Å². The lowest BCUT2D eigenvalue weighted by Gasteiger charge is -2.22. The van der Waals surface area contributed by atoms with Crippen molar-refractivity contribution in [3.05, 3.63) is 20.8 Å². The monoisotopic (exact) mass is 302 g/mol. The number of thiophene rings is 1. The van der Waals surface area contributed by atoms with Gasteiger partial charge in [0.1, 0.15) is 0 Å². The van der Waals surface area contributed by atoms with E-state index >= 15 is 0 Å². The topological polar surface area (TPSA) is 15.3 Å². The summed E-state index contributed by atoms with van der Waals surface area (Å²) in [7, 11) is 0. The predicted octanol–water partition coefficient (Wildman–Crippen LogP) is 3.08. The SMILES string of the molecule is CCN1CCCC1CNCc1csc(Br)c1. The minimum absolute atomic E-state index is 0.757. The molecule has 0 saturated carbocycles. The summed E-state index contributed by atoms with van der Waals surface area (Å²) in [6, 6.07) is 2.95. The number of rotatable bonds is 5. The zero-order valence-corrected chi connectivity index (χ0v) is 12.1. The summed E-state index contributed by atoms with van der Waals surface area (Å²) in [5, 5.41) is 5.78. The van der Waals surface area contributed by atoms with Crippen molar-refractivity contribution in [2.75, 3.05) is 19.6 Å². The molecule has 2 heterocycles. The Bertz CT molecular complexity index is 327. The lowest BCUT2D eigenvalue weighted by molar-refractivity contribution is 0.260. The molecule has 1 fully saturated rings. The standard InChI is InChI=1S/C12H19BrN2S/c1-2-15-5-3-4-11(15)8-14-7-10-6-12(13)16-9-10/h6,9,11,14H,2-5,7-8H2,1H3. The third kappa shape index (κ3) is 3.29. The average Bonchev–Trinajstić information content (AvgIpc) is 2.87. The highest BCUT2D eigenvalue weighted by molar-refractivity contribution is 9.11. The van der Waals surface area contributed by atoms with E-state index in [0.29, 0.717) is 0 Å². The Kier molecular flexibility index (Phi) is 4.82. The molecule has 4 heteroatoms. The van der Waals surface area contributed by atoms with Gasteiger partial charge in [-0.1, -0.05) is 6.92 Å². The first-order valence-electron chi connectivity index (χ1n) is 5.97. The lowest BCUT2D eigenvalue weighted by atomic mass is 10.2. The van der Waals surface area contributed by atoms with Crippen molar-refractivity contribution in [2.24, 2.45) is 0 Å². The van der Waals surface area contributed by atoms with Gasteiger partial charge < -0.3 is 5.32 Å². The number of likely N-dealkylation sites (tertiary alicyclic amines) is 1. The van der Waals surface area contributed by atoms with E-state index in [1.165, 1.54) is 35.3 Å². The molecule has 0 spiro atoms. The molecular weight excluding hydrogens is 284 g/mol. The van der Waals surface area contributed by atoms with Crippen LogP contribution in [0.1, 0.15) is 25.3 Å². The second kappa shape index (κ2) is 6.15. The molecule has 90 valence electrons. The van der Waals surface area contributed by atoms with E-state index in [1.54, 1.807) is 11.3 Å². The molecule has 1 aliphatic heterocycles. The average molecular weight is 303 g/mol. The summed E-state index contributed by atoms with van der Waals surface area (Å²) < 4.78 is 1.22. The van der Waals surface area contributed by atoms with Gasteiger partial charge >= 0.3 is 0 Å². The first kappa shape index (κ1) is 12.6. The Hall–Kier alpha value is 0.100. The van der Waals surface area contributed by atoms with Crippen LogP contribution in [0.25, 0.3) is 0 Å². The van der Waals surface area contributed by atoms with Gasteiger partial charge in [0.25, 0.3) is 0 Å². The molecule has 2 nitrogen and oxygen atoms in total. The van der Waals surface area contributed by atoms with E-state index in [0.717, 1.165) is 19.1 Å². The third-order valence-electron chi connectivity index (χ3n) is 3.24. The largest absolute Gasteiger partial charge is 0.311 e. The third-order valence-corrected chi connectivity index (χ3v) is 4.79. The van der Waals surface area contributed by atoms with Gasteiger partial charge in [-0.2, -0.15) is 0 Å². The lowest BCUT2D eigenvalue weighted by Crippen LogP contribution is -2.37. The molecular formula is C12H19BrN2S. The van der Waals surface area contributed by atoms with E-state index in [4.69, 9.17) is 0 Å². The van der Waals surface area contributed by atoms with Crippen LogP contribution in [0.15, 0.2) is 15.2 Å². The van der Waals surface area contributed by atoms with Crippen molar-refractivity contribution in [3.63, 3.8) is 0 Å². The molecule has 0 aromatic carbocycles. The number of hydrogen-bond acceptors (Lipinski definition) is 3. The maximum absolute atomic E-state index is 3.57. The number of likely N-dealkylation sites (N-methyl/N-ethyl adjacent to an activating group) is 1. The Morgan fingerprint density at radius 2 is 2.50 bits per heavy atom. The van der Waals surface area contributed by atoms with Gasteiger partial charge in [0.15, 0.2) is 0 Å². The van der Waals surface area contributed by atoms with Gasteiger partial charge in [-0.05, 0) is 58.9 Å². The number of nitrogens with one attached hydrogen (secondary N) is 1. The van der Waals surface area contributed by atoms with E-state index in [9.17, 15) is 0 Å². The first-order chi connectivity index (χ1) is 7.79. The second-order valence-corrected chi connectivity index (χ2v) is 6.61. The van der Waals surface area contributed by atoms with E-state index < -0.39 is 0 Å². The molecule has 1 saturated heterocycles. The molecule has 0 amide bonds. The van der Waals surface area contributed by atoms with Gasteiger partial charge in [-0.3, -0.25) is 4.90 Å². The molecule has 1 unspecified atom stereocenters. The molecule has 1 aromatic heterocycles. The maximum atomic E-state index is 3.57. The molecule has 0 bridgehead atoms. The molecule has 2 rings (SSSR count). The molecule has 1 aliphatic rings. The highest BCUT2D eigenvalue weighted by Crippen LogP contribution is 2.20. The fourth-order valence-corrected chi connectivity index (χ4v) is 3.57. The first-order valence-corrected chi connectivity index (χ1v) is 7.64. The highest BCUT2D eigenvalue weighted by atomic mass is 79.9. The van der Waals surface area contributed by atoms with Crippen LogP contribution in [0.3, 0.4) is 0 Å². The van der Waals surface area contributed by atoms with Crippen LogP contribution in [0, 0.1) is 0 Å². The van der Waals surface area contributed by atoms with E-state index in [2.05, 4.69) is 44.5 Å². The minimum atomic E-state index is 0.757. The van der Waals surface area contributed by atoms with Crippen LogP contribution in [-0.4, -0.2) is 30.6 Å². The maximum Gasteiger partial charge on any atom is 0.0701 e. The number of halogens is 1. The summed E-state index contributed by atoms with van der Waals surface area (Å²) in [4.78, 5) is 2.58. The van der Waals surface area contributed by atoms with Crippen molar-refractivity contribution >= 4 is 27.3 Å². The zero-order chi connectivity index (χ0) is 11.4. The Labute approximate surface area is 110 Å². The van der Waals surface area contributed by atoms with Crippen molar-refractivity contribution in [3.8, 4) is 0 Å². The van der Waals surface area contributed by atoms with Gasteiger partial charge in [-0.15, -0.1) is 11.3 Å². The van der Waals surface area contributed by atoms with Gasteiger partial charge in [0.05, 0.1) is 3.79 Å². The minimum Gasteiger partial charge on any atom is -0.311 e. The van der Waals surface area contributed by atoms with E-state index in [-0.39, 0.29) is 0 Å². The van der Waals surface area contributed by atoms with Crippen LogP contribution in [0.2, 0.25) is 0 Å². The van der Waals surface area contributed by atoms with Gasteiger partial charge in [0.2, 0.25) is 0 Å². The van der Waals surface area contributed by atoms with Crippen LogP contribution in [0.5, 0.6) is 0 Å².